The zero-order chi connectivity index (χ0) is 13.8. The number of likely N-dealkylation sites (tertiary alicyclic amines) is 1. The molecule has 4 nitrogen and oxygen atoms in total. The summed E-state index contributed by atoms with van der Waals surface area (Å²) in [7, 11) is 0. The lowest BCUT2D eigenvalue weighted by Crippen LogP contribution is -2.38. The largest absolute Gasteiger partial charge is 0.466 e. The maximum Gasteiger partial charge on any atom is 0.310 e. The minimum absolute atomic E-state index is 0.0378. The van der Waals surface area contributed by atoms with Gasteiger partial charge in [0.1, 0.15) is 5.01 Å². The molecule has 1 aromatic rings. The van der Waals surface area contributed by atoms with Gasteiger partial charge in [0.15, 0.2) is 0 Å². The summed E-state index contributed by atoms with van der Waals surface area (Å²) in [5.41, 5.74) is 1.12. The molecule has 1 aliphatic rings. The third-order valence-corrected chi connectivity index (χ3v) is 4.61. The van der Waals surface area contributed by atoms with Crippen LogP contribution in [0, 0.1) is 19.8 Å². The minimum atomic E-state index is -0.0429. The first kappa shape index (κ1) is 14.5. The summed E-state index contributed by atoms with van der Waals surface area (Å²) < 4.78 is 5.12. The number of carbonyl (C=O) groups excluding carboxylic acids is 1. The van der Waals surface area contributed by atoms with Gasteiger partial charge in [0.05, 0.1) is 24.8 Å². The van der Waals surface area contributed by atoms with Crippen LogP contribution in [0.25, 0.3) is 0 Å². The molecule has 0 radical (unpaired) electrons. The zero-order valence-corrected chi connectivity index (χ0v) is 12.8. The van der Waals surface area contributed by atoms with E-state index in [2.05, 4.69) is 16.8 Å². The zero-order valence-electron chi connectivity index (χ0n) is 11.9. The Bertz CT molecular complexity index is 425. The van der Waals surface area contributed by atoms with Gasteiger partial charge in [-0.2, -0.15) is 0 Å². The highest BCUT2D eigenvalue weighted by Crippen LogP contribution is 2.22. The molecule has 0 spiro atoms. The second-order valence-corrected chi connectivity index (χ2v) is 6.36. The third kappa shape index (κ3) is 3.76. The SMILES string of the molecule is CCOC(=O)[C@@H]1CCCN(Cc2nc(C)c(C)s2)C1. The highest BCUT2D eigenvalue weighted by atomic mass is 32.1. The quantitative estimate of drug-likeness (QED) is 0.796. The number of nitrogens with zero attached hydrogens (tertiary/aromatic N) is 2. The van der Waals surface area contributed by atoms with Crippen molar-refractivity contribution in [2.24, 2.45) is 5.92 Å². The van der Waals surface area contributed by atoms with Crippen LogP contribution in [0.1, 0.15) is 35.3 Å². The monoisotopic (exact) mass is 282 g/mol. The lowest BCUT2D eigenvalue weighted by Gasteiger charge is -2.30. The summed E-state index contributed by atoms with van der Waals surface area (Å²) in [6.45, 7) is 9.19. The van der Waals surface area contributed by atoms with Gasteiger partial charge in [-0.25, -0.2) is 4.98 Å². The van der Waals surface area contributed by atoms with E-state index in [1.165, 1.54) is 4.88 Å². The smallest absolute Gasteiger partial charge is 0.310 e. The maximum absolute atomic E-state index is 11.8. The molecule has 5 heteroatoms. The summed E-state index contributed by atoms with van der Waals surface area (Å²) >= 11 is 1.76. The van der Waals surface area contributed by atoms with Gasteiger partial charge in [-0.15, -0.1) is 11.3 Å². The molecule has 0 aliphatic carbocycles. The third-order valence-electron chi connectivity index (χ3n) is 3.56. The molecule has 1 aliphatic heterocycles. The molecule has 0 saturated carbocycles. The van der Waals surface area contributed by atoms with Gasteiger partial charge in [-0.1, -0.05) is 0 Å². The molecule has 1 saturated heterocycles. The van der Waals surface area contributed by atoms with Crippen molar-refractivity contribution >= 4 is 17.3 Å². The van der Waals surface area contributed by atoms with Crippen molar-refractivity contribution in [1.82, 2.24) is 9.88 Å². The number of rotatable bonds is 4. The number of aromatic nitrogens is 1. The molecule has 0 bridgehead atoms. The van der Waals surface area contributed by atoms with E-state index in [1.807, 2.05) is 13.8 Å². The van der Waals surface area contributed by atoms with E-state index < -0.39 is 0 Å². The van der Waals surface area contributed by atoms with Crippen LogP contribution in [-0.4, -0.2) is 35.5 Å². The average molecular weight is 282 g/mol. The molecular formula is C14H22N2O2S. The topological polar surface area (TPSA) is 42.4 Å². The Morgan fingerprint density at radius 3 is 2.95 bits per heavy atom. The molecule has 2 rings (SSSR count). The number of thiazole rings is 1. The second-order valence-electron chi connectivity index (χ2n) is 5.08. The number of aryl methyl sites for hydroxylation is 2. The van der Waals surface area contributed by atoms with Crippen molar-refractivity contribution in [2.75, 3.05) is 19.7 Å². The Morgan fingerprint density at radius 1 is 1.53 bits per heavy atom. The molecule has 1 aromatic heterocycles. The van der Waals surface area contributed by atoms with Crippen molar-refractivity contribution in [3.05, 3.63) is 15.6 Å². The predicted molar refractivity (Wildman–Crippen MR) is 76.2 cm³/mol. The van der Waals surface area contributed by atoms with Gasteiger partial charge in [0.25, 0.3) is 0 Å². The first-order valence-electron chi connectivity index (χ1n) is 6.92. The summed E-state index contributed by atoms with van der Waals surface area (Å²) in [4.78, 5) is 20.0. The van der Waals surface area contributed by atoms with Gasteiger partial charge in [-0.3, -0.25) is 9.69 Å². The van der Waals surface area contributed by atoms with Gasteiger partial charge in [-0.05, 0) is 40.2 Å². The van der Waals surface area contributed by atoms with Crippen LogP contribution in [0.5, 0.6) is 0 Å². The fraction of sp³-hybridized carbons (Fsp3) is 0.714. The Morgan fingerprint density at radius 2 is 2.32 bits per heavy atom. The van der Waals surface area contributed by atoms with Gasteiger partial charge in [0, 0.05) is 11.4 Å². The Balaban J connectivity index is 1.92. The first-order chi connectivity index (χ1) is 9.10. The second kappa shape index (κ2) is 6.48. The van der Waals surface area contributed by atoms with E-state index in [4.69, 9.17) is 4.74 Å². The lowest BCUT2D eigenvalue weighted by molar-refractivity contribution is -0.150. The molecular weight excluding hydrogens is 260 g/mol. The highest BCUT2D eigenvalue weighted by Gasteiger charge is 2.27. The van der Waals surface area contributed by atoms with Crippen LogP contribution in [0.3, 0.4) is 0 Å². The number of esters is 1. The summed E-state index contributed by atoms with van der Waals surface area (Å²) in [5.74, 6) is -0.00504. The van der Waals surface area contributed by atoms with Crippen LogP contribution in [0.2, 0.25) is 0 Å². The fourth-order valence-electron chi connectivity index (χ4n) is 2.45. The molecule has 19 heavy (non-hydrogen) atoms. The lowest BCUT2D eigenvalue weighted by atomic mass is 9.98. The Hall–Kier alpha value is -0.940. The Labute approximate surface area is 118 Å². The molecule has 0 aromatic carbocycles. The normalized spacial score (nSPS) is 20.5. The molecule has 1 atom stereocenters. The molecule has 2 heterocycles. The number of hydrogen-bond acceptors (Lipinski definition) is 5. The van der Waals surface area contributed by atoms with E-state index in [-0.39, 0.29) is 11.9 Å². The van der Waals surface area contributed by atoms with E-state index >= 15 is 0 Å². The van der Waals surface area contributed by atoms with Crippen molar-refractivity contribution < 1.29 is 9.53 Å². The van der Waals surface area contributed by atoms with Gasteiger partial charge in [0.2, 0.25) is 0 Å². The Kier molecular flexibility index (Phi) is 4.93. The molecule has 1 fully saturated rings. The maximum atomic E-state index is 11.8. The van der Waals surface area contributed by atoms with Crippen molar-refractivity contribution in [3.8, 4) is 0 Å². The molecule has 106 valence electrons. The van der Waals surface area contributed by atoms with Gasteiger partial charge >= 0.3 is 5.97 Å². The van der Waals surface area contributed by atoms with Crippen molar-refractivity contribution in [1.29, 1.82) is 0 Å². The van der Waals surface area contributed by atoms with Crippen LogP contribution in [0.4, 0.5) is 0 Å². The van der Waals surface area contributed by atoms with Crippen LogP contribution in [0.15, 0.2) is 0 Å². The van der Waals surface area contributed by atoms with Crippen molar-refractivity contribution in [3.63, 3.8) is 0 Å². The number of ether oxygens (including phenoxy) is 1. The number of hydrogen-bond donors (Lipinski definition) is 0. The number of carbonyl (C=O) groups is 1. The van der Waals surface area contributed by atoms with E-state index in [0.29, 0.717) is 6.61 Å². The van der Waals surface area contributed by atoms with Crippen LogP contribution >= 0.6 is 11.3 Å². The molecule has 0 N–H and O–H groups in total. The number of piperidine rings is 1. The molecule has 0 amide bonds. The predicted octanol–water partition coefficient (Wildman–Crippen LogP) is 2.54. The summed E-state index contributed by atoms with van der Waals surface area (Å²) in [6.07, 6.45) is 2.01. The minimum Gasteiger partial charge on any atom is -0.466 e. The van der Waals surface area contributed by atoms with E-state index in [9.17, 15) is 4.79 Å². The van der Waals surface area contributed by atoms with Crippen LogP contribution < -0.4 is 0 Å². The first-order valence-corrected chi connectivity index (χ1v) is 7.73. The van der Waals surface area contributed by atoms with E-state index in [1.54, 1.807) is 11.3 Å². The van der Waals surface area contributed by atoms with E-state index in [0.717, 1.165) is 43.2 Å². The van der Waals surface area contributed by atoms with Gasteiger partial charge < -0.3 is 4.74 Å². The standard InChI is InChI=1S/C14H22N2O2S/c1-4-18-14(17)12-6-5-7-16(8-12)9-13-15-10(2)11(3)19-13/h12H,4-9H2,1-3H3/t12-/m1/s1. The summed E-state index contributed by atoms with van der Waals surface area (Å²) in [5, 5.41) is 1.15. The fourth-order valence-corrected chi connectivity index (χ4v) is 3.43. The average Bonchev–Trinajstić information content (AvgIpc) is 2.69. The van der Waals surface area contributed by atoms with Crippen LogP contribution in [-0.2, 0) is 16.1 Å². The molecule has 0 unspecified atom stereocenters. The van der Waals surface area contributed by atoms with Crippen molar-refractivity contribution in [2.45, 2.75) is 40.2 Å². The summed E-state index contributed by atoms with van der Waals surface area (Å²) in [6, 6.07) is 0. The highest BCUT2D eigenvalue weighted by molar-refractivity contribution is 7.11.